The number of rotatable bonds is 5. The van der Waals surface area contributed by atoms with Crippen LogP contribution in [0, 0.1) is 5.92 Å². The summed E-state index contributed by atoms with van der Waals surface area (Å²) in [5.74, 6) is -1.61. The number of carbonyl (C=O) groups is 2. The van der Waals surface area contributed by atoms with E-state index < -0.39 is 17.8 Å². The number of hydrogen-bond donors (Lipinski definition) is 0. The molecule has 3 aromatic rings. The van der Waals surface area contributed by atoms with E-state index in [-0.39, 0.29) is 18.3 Å². The number of hydrogen-bond acceptors (Lipinski definition) is 5. The molecule has 0 radical (unpaired) electrons. The smallest absolute Gasteiger partial charge is 0.316 e. The van der Waals surface area contributed by atoms with E-state index in [1.807, 2.05) is 79.7 Å². The van der Waals surface area contributed by atoms with Crippen LogP contribution < -0.4 is 0 Å². The third kappa shape index (κ3) is 4.82. The fourth-order valence-electron chi connectivity index (χ4n) is 5.03. The van der Waals surface area contributed by atoms with Crippen LogP contribution in [0.3, 0.4) is 0 Å². The molecule has 3 atom stereocenters. The van der Waals surface area contributed by atoms with E-state index >= 15 is 0 Å². The Bertz CT molecular complexity index is 1300. The third-order valence-corrected chi connectivity index (χ3v) is 6.97. The lowest BCUT2D eigenvalue weighted by Crippen LogP contribution is -2.38. The highest BCUT2D eigenvalue weighted by Gasteiger charge is 2.45. The van der Waals surface area contributed by atoms with Gasteiger partial charge in [0.1, 0.15) is 12.5 Å². The normalized spacial score (nSPS) is 21.8. The van der Waals surface area contributed by atoms with E-state index in [1.165, 1.54) is 0 Å². The van der Waals surface area contributed by atoms with Crippen LogP contribution in [0.15, 0.2) is 95.3 Å². The van der Waals surface area contributed by atoms with Crippen LogP contribution in [0.4, 0.5) is 0 Å². The standard InChI is InChI=1S/C29H25ClN2O3/c1-18-26(29(34)35-17-19-7-3-2-4-8-19)28(23-9-5-6-14-31-23)27-24(32-18)15-21(16-25(27)33)20-10-12-22(30)13-11-20/h2-14,21,26,28H,15-17H2,1H3/t21-,26?,28-/m0/s1. The summed E-state index contributed by atoms with van der Waals surface area (Å²) in [5, 5.41) is 0.661. The van der Waals surface area contributed by atoms with Crippen LogP contribution >= 0.6 is 11.6 Å². The molecule has 0 spiro atoms. The number of nitrogens with zero attached hydrogens (tertiary/aromatic N) is 2. The third-order valence-electron chi connectivity index (χ3n) is 6.71. The Morgan fingerprint density at radius 2 is 1.74 bits per heavy atom. The van der Waals surface area contributed by atoms with Crippen molar-refractivity contribution in [2.75, 3.05) is 0 Å². The number of ketones is 1. The number of allylic oxidation sites excluding steroid dienone is 2. The summed E-state index contributed by atoms with van der Waals surface area (Å²) < 4.78 is 5.71. The molecule has 2 aromatic carbocycles. The Labute approximate surface area is 209 Å². The highest BCUT2D eigenvalue weighted by molar-refractivity contribution is 6.30. The quantitative estimate of drug-likeness (QED) is 0.413. The molecule has 0 fully saturated rings. The monoisotopic (exact) mass is 484 g/mol. The summed E-state index contributed by atoms with van der Waals surface area (Å²) in [6, 6.07) is 22.7. The topological polar surface area (TPSA) is 68.6 Å². The number of ether oxygens (including phenoxy) is 1. The minimum Gasteiger partial charge on any atom is -0.460 e. The number of aliphatic imine (C=N–C) groups is 1. The first kappa shape index (κ1) is 23.2. The van der Waals surface area contributed by atoms with Gasteiger partial charge in [-0.15, -0.1) is 0 Å². The maximum absolute atomic E-state index is 13.6. The molecule has 1 aliphatic heterocycles. The van der Waals surface area contributed by atoms with Gasteiger partial charge in [-0.2, -0.15) is 0 Å². The molecule has 5 rings (SSSR count). The Morgan fingerprint density at radius 1 is 1.00 bits per heavy atom. The van der Waals surface area contributed by atoms with Gasteiger partial charge in [-0.05, 0) is 54.7 Å². The van der Waals surface area contributed by atoms with Crippen LogP contribution in [0.25, 0.3) is 0 Å². The number of pyridine rings is 1. The molecule has 0 bridgehead atoms. The highest BCUT2D eigenvalue weighted by Crippen LogP contribution is 2.46. The Hall–Kier alpha value is -3.57. The van der Waals surface area contributed by atoms with Crippen molar-refractivity contribution >= 4 is 29.1 Å². The fourth-order valence-corrected chi connectivity index (χ4v) is 5.16. The van der Waals surface area contributed by atoms with Crippen LogP contribution in [-0.2, 0) is 20.9 Å². The molecular formula is C29H25ClN2O3. The van der Waals surface area contributed by atoms with Gasteiger partial charge in [-0.1, -0.05) is 60.1 Å². The average Bonchev–Trinajstić information content (AvgIpc) is 2.88. The zero-order chi connectivity index (χ0) is 24.4. The summed E-state index contributed by atoms with van der Waals surface area (Å²) in [4.78, 5) is 36.3. The molecule has 6 heteroatoms. The van der Waals surface area contributed by atoms with E-state index in [9.17, 15) is 9.59 Å². The molecule has 0 saturated carbocycles. The number of aromatic nitrogens is 1. The number of benzene rings is 2. The molecule has 0 N–H and O–H groups in total. The molecular weight excluding hydrogens is 460 g/mol. The van der Waals surface area contributed by atoms with E-state index in [0.29, 0.717) is 34.8 Å². The zero-order valence-corrected chi connectivity index (χ0v) is 20.1. The summed E-state index contributed by atoms with van der Waals surface area (Å²) in [5.41, 5.74) is 4.60. The first-order valence-electron chi connectivity index (χ1n) is 11.7. The molecule has 1 aliphatic carbocycles. The lowest BCUT2D eigenvalue weighted by atomic mass is 9.70. The lowest BCUT2D eigenvalue weighted by Gasteiger charge is -2.36. The number of Topliss-reactive ketones (excluding diaryl/α,β-unsaturated/α-hetero) is 1. The van der Waals surface area contributed by atoms with Crippen LogP contribution in [0.2, 0.25) is 5.02 Å². The molecule has 2 aliphatic rings. The molecule has 1 aromatic heterocycles. The molecule has 0 saturated heterocycles. The fraction of sp³-hybridized carbons (Fsp3) is 0.241. The minimum atomic E-state index is -0.705. The van der Waals surface area contributed by atoms with Crippen molar-refractivity contribution in [3.63, 3.8) is 0 Å². The second-order valence-electron chi connectivity index (χ2n) is 9.00. The van der Waals surface area contributed by atoms with Crippen LogP contribution in [-0.4, -0.2) is 22.4 Å². The predicted octanol–water partition coefficient (Wildman–Crippen LogP) is 6.05. The predicted molar refractivity (Wildman–Crippen MR) is 135 cm³/mol. The van der Waals surface area contributed by atoms with Gasteiger partial charge in [0.15, 0.2) is 5.78 Å². The Balaban J connectivity index is 1.49. The summed E-state index contributed by atoms with van der Waals surface area (Å²) >= 11 is 6.06. The van der Waals surface area contributed by atoms with E-state index in [1.54, 1.807) is 6.20 Å². The lowest BCUT2D eigenvalue weighted by molar-refractivity contribution is -0.148. The van der Waals surface area contributed by atoms with Gasteiger partial charge < -0.3 is 4.74 Å². The van der Waals surface area contributed by atoms with Gasteiger partial charge in [-0.3, -0.25) is 19.6 Å². The van der Waals surface area contributed by atoms with Crippen molar-refractivity contribution in [1.82, 2.24) is 4.98 Å². The number of halogens is 1. The second-order valence-corrected chi connectivity index (χ2v) is 9.43. The maximum atomic E-state index is 13.6. The van der Waals surface area contributed by atoms with E-state index in [2.05, 4.69) is 4.98 Å². The van der Waals surface area contributed by atoms with Gasteiger partial charge in [0, 0.05) is 40.3 Å². The van der Waals surface area contributed by atoms with Crippen LogP contribution in [0.1, 0.15) is 48.4 Å². The van der Waals surface area contributed by atoms with Gasteiger partial charge >= 0.3 is 5.97 Å². The first-order valence-corrected chi connectivity index (χ1v) is 12.1. The summed E-state index contributed by atoms with van der Waals surface area (Å²) in [6.45, 7) is 2.00. The Morgan fingerprint density at radius 3 is 2.46 bits per heavy atom. The van der Waals surface area contributed by atoms with Crippen molar-refractivity contribution in [3.8, 4) is 0 Å². The van der Waals surface area contributed by atoms with E-state index in [4.69, 9.17) is 21.3 Å². The molecule has 35 heavy (non-hydrogen) atoms. The van der Waals surface area contributed by atoms with Crippen molar-refractivity contribution in [1.29, 1.82) is 0 Å². The minimum absolute atomic E-state index is 0.000961. The molecule has 176 valence electrons. The van der Waals surface area contributed by atoms with Crippen LogP contribution in [0.5, 0.6) is 0 Å². The molecule has 1 unspecified atom stereocenters. The Kier molecular flexibility index (Phi) is 6.60. The van der Waals surface area contributed by atoms with Gasteiger partial charge in [-0.25, -0.2) is 0 Å². The van der Waals surface area contributed by atoms with Crippen molar-refractivity contribution in [2.24, 2.45) is 10.9 Å². The molecule has 5 nitrogen and oxygen atoms in total. The molecule has 2 heterocycles. The van der Waals surface area contributed by atoms with Gasteiger partial charge in [0.25, 0.3) is 0 Å². The number of carbonyl (C=O) groups excluding carboxylic acids is 2. The van der Waals surface area contributed by atoms with Gasteiger partial charge in [0.2, 0.25) is 0 Å². The van der Waals surface area contributed by atoms with Crippen molar-refractivity contribution in [2.45, 2.75) is 38.2 Å². The summed E-state index contributed by atoms with van der Waals surface area (Å²) in [7, 11) is 0. The van der Waals surface area contributed by atoms with Crippen molar-refractivity contribution in [3.05, 3.63) is 112 Å². The second kappa shape index (κ2) is 9.96. The zero-order valence-electron chi connectivity index (χ0n) is 19.4. The van der Waals surface area contributed by atoms with E-state index in [0.717, 1.165) is 16.8 Å². The molecule has 0 amide bonds. The average molecular weight is 485 g/mol. The highest BCUT2D eigenvalue weighted by atomic mass is 35.5. The van der Waals surface area contributed by atoms with Gasteiger partial charge in [0.05, 0.1) is 5.92 Å². The summed E-state index contributed by atoms with van der Waals surface area (Å²) in [6.07, 6.45) is 2.66. The number of esters is 1. The SMILES string of the molecule is CC1=NC2=C(C(=O)C[C@@H](c3ccc(Cl)cc3)C2)[C@@H](c2ccccn2)C1C(=O)OCc1ccccc1. The van der Waals surface area contributed by atoms with Crippen molar-refractivity contribution < 1.29 is 14.3 Å². The maximum Gasteiger partial charge on any atom is 0.316 e. The largest absolute Gasteiger partial charge is 0.460 e. The first-order chi connectivity index (χ1) is 17.0.